The number of fused-ring (bicyclic) bond motifs is 3. The lowest BCUT2D eigenvalue weighted by Gasteiger charge is -2.31. The smallest absolute Gasteiger partial charge is 0.243 e. The summed E-state index contributed by atoms with van der Waals surface area (Å²) in [6.45, 7) is 6.52. The van der Waals surface area contributed by atoms with Gasteiger partial charge in [0.05, 0.1) is 42.5 Å². The van der Waals surface area contributed by atoms with Crippen molar-refractivity contribution in [2.45, 2.75) is 113 Å². The molecule has 2 aliphatic carbocycles. The number of aromatic nitrogens is 1. The Morgan fingerprint density at radius 3 is 2.47 bits per heavy atom. The first kappa shape index (κ1) is 42.5. The molecule has 7 atom stereocenters. The number of carbonyl (C=O) groups is 2. The fourth-order valence-corrected chi connectivity index (χ4v) is 10.1. The van der Waals surface area contributed by atoms with Crippen LogP contribution < -0.4 is 30.0 Å². The number of halogens is 1. The summed E-state index contributed by atoms with van der Waals surface area (Å²) in [5.74, 6) is 0.748. The maximum absolute atomic E-state index is 14.6. The Kier molecular flexibility index (Phi) is 11.8. The summed E-state index contributed by atoms with van der Waals surface area (Å²) in [6.07, 6.45) is 5.24. The number of amides is 2. The zero-order valence-corrected chi connectivity index (χ0v) is 35.1. The molecule has 0 bridgehead atoms. The molecular formula is C43H55FN6O8S. The highest BCUT2D eigenvalue weighted by atomic mass is 32.2. The number of sulfonamides is 1. The number of hydrogen-bond acceptors (Lipinski definition) is 11. The van der Waals surface area contributed by atoms with Gasteiger partial charge >= 0.3 is 0 Å². The monoisotopic (exact) mass is 834 g/mol. The van der Waals surface area contributed by atoms with Crippen LogP contribution in [0.15, 0.2) is 65.9 Å². The number of methoxy groups -OCH3 is 1. The van der Waals surface area contributed by atoms with Gasteiger partial charge in [0.15, 0.2) is 0 Å². The molecule has 1 aromatic heterocycles. The topological polar surface area (TPSA) is 192 Å². The summed E-state index contributed by atoms with van der Waals surface area (Å²) in [5, 5.41) is 7.10. The van der Waals surface area contributed by atoms with Crippen molar-refractivity contribution in [1.82, 2.24) is 19.9 Å². The number of nitrogens with one attached hydrogen (secondary N) is 2. The van der Waals surface area contributed by atoms with E-state index in [0.717, 1.165) is 17.7 Å². The molecule has 2 unspecified atom stereocenters. The van der Waals surface area contributed by atoms with Gasteiger partial charge < -0.3 is 30.2 Å². The van der Waals surface area contributed by atoms with Crippen LogP contribution in [0.4, 0.5) is 4.39 Å². The van der Waals surface area contributed by atoms with E-state index in [-0.39, 0.29) is 56.7 Å². The molecular weight excluding hydrogens is 780 g/mol. The number of nitrogens with zero attached hydrogens (tertiary/aromatic N) is 3. The van der Waals surface area contributed by atoms with Crippen molar-refractivity contribution in [1.29, 1.82) is 0 Å². The van der Waals surface area contributed by atoms with Crippen LogP contribution in [0.5, 0.6) is 17.2 Å². The summed E-state index contributed by atoms with van der Waals surface area (Å²) >= 11 is 0. The van der Waals surface area contributed by atoms with Gasteiger partial charge in [-0.25, -0.2) is 22.5 Å². The molecule has 59 heavy (non-hydrogen) atoms. The quantitative estimate of drug-likeness (QED) is 0.154. The first-order valence-electron chi connectivity index (χ1n) is 20.5. The summed E-state index contributed by atoms with van der Waals surface area (Å²) in [7, 11) is -2.56. The van der Waals surface area contributed by atoms with Crippen LogP contribution in [0.25, 0.3) is 22.2 Å². The zero-order chi connectivity index (χ0) is 42.3. The molecule has 0 spiro atoms. The third-order valence-electron chi connectivity index (χ3n) is 12.5. The molecule has 3 fully saturated rings. The Balaban J connectivity index is 1.22. The Morgan fingerprint density at radius 2 is 1.81 bits per heavy atom. The fraction of sp³-hybridized carbons (Fsp3) is 0.558. The van der Waals surface area contributed by atoms with E-state index >= 15 is 0 Å². The maximum Gasteiger partial charge on any atom is 0.243 e. The van der Waals surface area contributed by atoms with Crippen molar-refractivity contribution < 1.29 is 36.6 Å². The first-order chi connectivity index (χ1) is 28.1. The molecule has 3 aromatic rings. The molecule has 4 aliphatic rings. The number of allylic oxidation sites excluding steroid dienone is 1. The van der Waals surface area contributed by atoms with Gasteiger partial charge in [-0.3, -0.25) is 9.59 Å². The molecule has 16 heteroatoms. The molecule has 2 amide bonds. The van der Waals surface area contributed by atoms with Crippen molar-refractivity contribution in [3.8, 4) is 28.5 Å². The summed E-state index contributed by atoms with van der Waals surface area (Å²) in [5.41, 5.74) is 5.80. The van der Waals surface area contributed by atoms with Crippen LogP contribution in [-0.2, 0) is 19.6 Å². The maximum atomic E-state index is 14.6. The fourth-order valence-electron chi connectivity index (χ4n) is 8.57. The summed E-state index contributed by atoms with van der Waals surface area (Å²) in [4.78, 5) is 47.9. The Labute approximate surface area is 344 Å². The van der Waals surface area contributed by atoms with E-state index in [4.69, 9.17) is 24.9 Å². The number of nitrogens with two attached hydrogens (primary N) is 1. The van der Waals surface area contributed by atoms with Crippen LogP contribution in [0, 0.1) is 16.7 Å². The van der Waals surface area contributed by atoms with Crippen LogP contribution in [0.2, 0.25) is 0 Å². The molecule has 3 heterocycles. The van der Waals surface area contributed by atoms with Gasteiger partial charge in [-0.1, -0.05) is 31.2 Å². The lowest BCUT2D eigenvalue weighted by atomic mass is 9.88. The van der Waals surface area contributed by atoms with E-state index in [1.165, 1.54) is 4.90 Å². The van der Waals surface area contributed by atoms with E-state index in [0.29, 0.717) is 40.9 Å². The van der Waals surface area contributed by atoms with Crippen molar-refractivity contribution in [2.24, 2.45) is 22.7 Å². The van der Waals surface area contributed by atoms with Gasteiger partial charge in [0, 0.05) is 42.5 Å². The van der Waals surface area contributed by atoms with Crippen molar-refractivity contribution in [3.05, 3.63) is 65.6 Å². The lowest BCUT2D eigenvalue weighted by molar-refractivity contribution is -0.140. The van der Waals surface area contributed by atoms with Gasteiger partial charge in [-0.15, -0.1) is 4.91 Å². The second-order valence-electron chi connectivity index (χ2n) is 17.3. The average molecular weight is 835 g/mol. The molecule has 2 saturated carbocycles. The number of nitroso groups, excluding NO2 is 1. The number of ether oxygens (including phenoxy) is 3. The highest BCUT2D eigenvalue weighted by Crippen LogP contribution is 2.53. The Bertz CT molecular complexity index is 2220. The normalized spacial score (nSPS) is 30.0. The van der Waals surface area contributed by atoms with E-state index < -0.39 is 62.5 Å². The van der Waals surface area contributed by atoms with Gasteiger partial charge in [0.25, 0.3) is 0 Å². The molecule has 14 nitrogen and oxygen atoms in total. The van der Waals surface area contributed by atoms with Gasteiger partial charge in [0.1, 0.15) is 46.4 Å². The number of rotatable bonds is 12. The molecule has 7 rings (SSSR count). The first-order valence-corrected chi connectivity index (χ1v) is 21.9. The molecule has 2 aliphatic heterocycles. The molecule has 0 radical (unpaired) electrons. The molecule has 4 N–H and O–H groups in total. The highest BCUT2D eigenvalue weighted by Gasteiger charge is 2.70. The van der Waals surface area contributed by atoms with Crippen molar-refractivity contribution in [2.75, 3.05) is 26.9 Å². The van der Waals surface area contributed by atoms with Crippen LogP contribution in [0.3, 0.4) is 0 Å². The van der Waals surface area contributed by atoms with Crippen LogP contribution in [-0.4, -0.2) is 97.1 Å². The van der Waals surface area contributed by atoms with Gasteiger partial charge in [0.2, 0.25) is 21.8 Å². The average Bonchev–Trinajstić information content (AvgIpc) is 4.10. The summed E-state index contributed by atoms with van der Waals surface area (Å²) in [6, 6.07) is 12.8. The van der Waals surface area contributed by atoms with E-state index in [9.17, 15) is 27.3 Å². The number of benzene rings is 2. The third kappa shape index (κ3) is 8.40. The number of hydrogen-bond donors (Lipinski definition) is 3. The SMILES string of the molecule is COc1ccc2c(O[C@@H]3CC4C(=O)N[C@]5(CNS(=O)(=O)C6(CF)CC6)C[C@@]5(N=O)/C=C\CCC(C)C[C@@H](C)[C@H](N)C(=O)N4C3)cc(-c3ccc(OC(C)C)cc3)nc2c1. The number of carbonyl (C=O) groups excluding carboxylic acids is 2. The second kappa shape index (κ2) is 16.4. The van der Waals surface area contributed by atoms with E-state index in [1.807, 2.05) is 69.3 Å². The molecule has 2 aromatic carbocycles. The van der Waals surface area contributed by atoms with Gasteiger partial charge in [-0.2, -0.15) is 0 Å². The van der Waals surface area contributed by atoms with Crippen LogP contribution in [0.1, 0.15) is 72.6 Å². The van der Waals surface area contributed by atoms with Crippen molar-refractivity contribution >= 4 is 32.7 Å². The number of pyridine rings is 1. The standard InChI is InChI=1S/C43H55FN6O8S/c1-26(2)57-30-11-9-29(10-12-30)34-21-37(33-14-13-31(56-5)19-35(33)47-34)58-32-20-36-39(51)48-43(25-46-59(54,55)41(24-44)16-17-41)23-42(43,49-53)15-7-6-8-27(3)18-28(4)38(45)40(52)50(36)22-32/h7,9-15,19,21,26-28,32,36,38,46H,6,8,16-18,20,22-25,45H2,1-5H3,(H,48,51)/b15-7-/t27?,28-,32-,36?,38+,42+,43+/m1/s1. The summed E-state index contributed by atoms with van der Waals surface area (Å²) < 4.78 is 59.5. The Morgan fingerprint density at radius 1 is 1.08 bits per heavy atom. The predicted octanol–water partition coefficient (Wildman–Crippen LogP) is 5.57. The largest absolute Gasteiger partial charge is 0.497 e. The molecule has 1 saturated heterocycles. The van der Waals surface area contributed by atoms with Crippen LogP contribution >= 0.6 is 0 Å². The Hall–Kier alpha value is -4.67. The highest BCUT2D eigenvalue weighted by molar-refractivity contribution is 7.91. The van der Waals surface area contributed by atoms with Crippen molar-refractivity contribution in [3.63, 3.8) is 0 Å². The minimum atomic E-state index is -4.14. The second-order valence-corrected chi connectivity index (χ2v) is 19.5. The third-order valence-corrected chi connectivity index (χ3v) is 14.7. The lowest BCUT2D eigenvalue weighted by Crippen LogP contribution is -2.58. The minimum Gasteiger partial charge on any atom is -0.497 e. The predicted molar refractivity (Wildman–Crippen MR) is 222 cm³/mol. The minimum absolute atomic E-state index is 0.00832. The van der Waals surface area contributed by atoms with E-state index in [1.54, 1.807) is 19.3 Å². The molecule has 318 valence electrons. The van der Waals surface area contributed by atoms with E-state index in [2.05, 4.69) is 22.1 Å². The number of alkyl halides is 1. The zero-order valence-electron chi connectivity index (χ0n) is 34.3. The van der Waals surface area contributed by atoms with Gasteiger partial charge in [-0.05, 0) is 94.2 Å².